The molecule has 0 aliphatic carbocycles. The highest BCUT2D eigenvalue weighted by Gasteiger charge is 2.28. The van der Waals surface area contributed by atoms with E-state index in [4.69, 9.17) is 14.3 Å². The van der Waals surface area contributed by atoms with E-state index in [9.17, 15) is 19.2 Å². The van der Waals surface area contributed by atoms with Crippen molar-refractivity contribution in [3.05, 3.63) is 82.4 Å². The first-order valence-electron chi connectivity index (χ1n) is 12.4. The van der Waals surface area contributed by atoms with Gasteiger partial charge in [0, 0.05) is 24.7 Å². The fourth-order valence-electron chi connectivity index (χ4n) is 3.55. The minimum Gasteiger partial charge on any atom is -0.428 e. The minimum absolute atomic E-state index is 0.0453. The molecule has 13 heteroatoms. The summed E-state index contributed by atoms with van der Waals surface area (Å²) >= 11 is 0. The summed E-state index contributed by atoms with van der Waals surface area (Å²) in [6.45, 7) is 3.02. The molecule has 0 amide bonds. The molecule has 1 aliphatic rings. The molecule has 13 nitrogen and oxygen atoms in total. The topological polar surface area (TPSA) is 154 Å². The molecule has 206 valence electrons. The Balaban J connectivity index is 1.60. The Labute approximate surface area is 228 Å². The van der Waals surface area contributed by atoms with Crippen LogP contribution in [-0.2, 0) is 30.4 Å². The summed E-state index contributed by atoms with van der Waals surface area (Å²) in [6, 6.07) is 12.3. The first kappa shape index (κ1) is 27.7. The standard InChI is InChI=1S/C27H26N6O7/c1-3-21(34)38-17-39-26(36)19-12-14-33(29-15-19)40-27(37)22-23(18-9-6-5-7-10-18)31-32(4-2)25(35)24(22)30-20-11-8-13-28-16-20/h5-13,15-16,30H,3-4,14,17H2,1-2H3. The van der Waals surface area contributed by atoms with Gasteiger partial charge in [0.15, 0.2) is 0 Å². The number of aryl methyl sites for hydroxylation is 1. The van der Waals surface area contributed by atoms with Gasteiger partial charge in [-0.25, -0.2) is 14.3 Å². The summed E-state index contributed by atoms with van der Waals surface area (Å²) in [5.41, 5.74) is 0.684. The molecule has 2 aromatic heterocycles. The quantitative estimate of drug-likeness (QED) is 0.295. The first-order valence-corrected chi connectivity index (χ1v) is 12.4. The van der Waals surface area contributed by atoms with E-state index in [0.717, 1.165) is 11.4 Å². The molecular weight excluding hydrogens is 520 g/mol. The molecule has 3 aromatic rings. The molecule has 1 aliphatic heterocycles. The Morgan fingerprint density at radius 3 is 2.48 bits per heavy atom. The summed E-state index contributed by atoms with van der Waals surface area (Å²) in [6.07, 6.45) is 5.80. The molecule has 3 heterocycles. The third kappa shape index (κ3) is 6.56. The van der Waals surface area contributed by atoms with Gasteiger partial charge in [-0.15, -0.1) is 10.3 Å². The number of carbonyl (C=O) groups excluding carboxylic acids is 3. The number of hydroxylamine groups is 1. The van der Waals surface area contributed by atoms with Crippen molar-refractivity contribution in [2.45, 2.75) is 26.8 Å². The summed E-state index contributed by atoms with van der Waals surface area (Å²) in [7, 11) is 0. The van der Waals surface area contributed by atoms with Crippen molar-refractivity contribution in [1.29, 1.82) is 0 Å². The zero-order chi connectivity index (χ0) is 28.5. The number of carbonyl (C=O) groups is 3. The summed E-state index contributed by atoms with van der Waals surface area (Å²) in [4.78, 5) is 59.8. The molecule has 0 atom stereocenters. The number of anilines is 2. The normalized spacial score (nSPS) is 12.3. The van der Waals surface area contributed by atoms with Gasteiger partial charge in [0.2, 0.25) is 6.79 Å². The predicted molar refractivity (Wildman–Crippen MR) is 143 cm³/mol. The number of aromatic nitrogens is 3. The maximum Gasteiger partial charge on any atom is 0.369 e. The van der Waals surface area contributed by atoms with Crippen molar-refractivity contribution in [3.63, 3.8) is 0 Å². The molecule has 0 fully saturated rings. The zero-order valence-electron chi connectivity index (χ0n) is 21.8. The third-order valence-electron chi connectivity index (χ3n) is 5.55. The van der Waals surface area contributed by atoms with Crippen molar-refractivity contribution >= 4 is 35.5 Å². The number of benzene rings is 1. The van der Waals surface area contributed by atoms with Crippen LogP contribution in [0.25, 0.3) is 11.3 Å². The number of nitrogens with zero attached hydrogens (tertiary/aromatic N) is 5. The van der Waals surface area contributed by atoms with Crippen LogP contribution in [0, 0.1) is 0 Å². The molecule has 1 N–H and O–H groups in total. The van der Waals surface area contributed by atoms with Gasteiger partial charge >= 0.3 is 17.9 Å². The van der Waals surface area contributed by atoms with E-state index < -0.39 is 30.3 Å². The second-order valence-electron chi connectivity index (χ2n) is 8.19. The van der Waals surface area contributed by atoms with E-state index in [1.807, 2.05) is 6.07 Å². The number of hydrogen-bond donors (Lipinski definition) is 1. The smallest absolute Gasteiger partial charge is 0.369 e. The second-order valence-corrected chi connectivity index (χ2v) is 8.19. The average molecular weight is 547 g/mol. The SMILES string of the molecule is CCC(=O)OCOC(=O)C1=CCN(OC(=O)c2c(-c3ccccc3)nn(CC)c(=O)c2Nc2cccnc2)N=C1. The maximum absolute atomic E-state index is 13.6. The van der Waals surface area contributed by atoms with Gasteiger partial charge in [0.05, 0.1) is 30.2 Å². The highest BCUT2D eigenvalue weighted by Crippen LogP contribution is 2.28. The number of esters is 2. The van der Waals surface area contributed by atoms with Crippen LogP contribution in [0.4, 0.5) is 11.4 Å². The first-order chi connectivity index (χ1) is 19.4. The zero-order valence-corrected chi connectivity index (χ0v) is 21.8. The van der Waals surface area contributed by atoms with Gasteiger partial charge in [0.1, 0.15) is 16.9 Å². The second kappa shape index (κ2) is 13.0. The van der Waals surface area contributed by atoms with Crippen LogP contribution in [0.3, 0.4) is 0 Å². The lowest BCUT2D eigenvalue weighted by atomic mass is 10.0. The number of hydrogen-bond acceptors (Lipinski definition) is 12. The van der Waals surface area contributed by atoms with Crippen LogP contribution in [0.1, 0.15) is 30.6 Å². The lowest BCUT2D eigenvalue weighted by Crippen LogP contribution is -2.32. The van der Waals surface area contributed by atoms with Gasteiger partial charge in [-0.2, -0.15) is 5.10 Å². The Bertz CT molecular complexity index is 1500. The largest absolute Gasteiger partial charge is 0.428 e. The van der Waals surface area contributed by atoms with Crippen molar-refractivity contribution in [2.75, 3.05) is 18.7 Å². The Hall–Kier alpha value is -5.33. The van der Waals surface area contributed by atoms with E-state index >= 15 is 0 Å². The average Bonchev–Trinajstić information content (AvgIpc) is 2.99. The third-order valence-corrected chi connectivity index (χ3v) is 5.55. The molecule has 0 spiro atoms. The number of nitrogens with one attached hydrogen (secondary N) is 1. The van der Waals surface area contributed by atoms with Crippen LogP contribution in [-0.4, -0.2) is 57.4 Å². The summed E-state index contributed by atoms with van der Waals surface area (Å²) < 4.78 is 10.9. The van der Waals surface area contributed by atoms with Crippen LogP contribution < -0.4 is 10.9 Å². The lowest BCUT2D eigenvalue weighted by molar-refractivity contribution is -0.164. The molecule has 1 aromatic carbocycles. The maximum atomic E-state index is 13.6. The number of rotatable bonds is 10. The Morgan fingerprint density at radius 2 is 1.82 bits per heavy atom. The summed E-state index contributed by atoms with van der Waals surface area (Å²) in [5.74, 6) is -2.17. The molecule has 40 heavy (non-hydrogen) atoms. The fraction of sp³-hybridized carbons (Fsp3) is 0.222. The Morgan fingerprint density at radius 1 is 1.02 bits per heavy atom. The number of ether oxygens (including phenoxy) is 2. The molecular formula is C27H26N6O7. The van der Waals surface area contributed by atoms with E-state index in [2.05, 4.69) is 20.5 Å². The molecule has 0 saturated carbocycles. The van der Waals surface area contributed by atoms with Gasteiger partial charge in [0.25, 0.3) is 5.56 Å². The van der Waals surface area contributed by atoms with Crippen molar-refractivity contribution in [3.8, 4) is 11.3 Å². The van der Waals surface area contributed by atoms with Crippen molar-refractivity contribution in [1.82, 2.24) is 19.9 Å². The van der Waals surface area contributed by atoms with Gasteiger partial charge in [-0.3, -0.25) is 14.6 Å². The van der Waals surface area contributed by atoms with E-state index in [1.54, 1.807) is 56.4 Å². The van der Waals surface area contributed by atoms with Crippen LogP contribution >= 0.6 is 0 Å². The molecule has 0 radical (unpaired) electrons. The van der Waals surface area contributed by atoms with Gasteiger partial charge in [-0.1, -0.05) is 37.3 Å². The monoisotopic (exact) mass is 546 g/mol. The van der Waals surface area contributed by atoms with Crippen LogP contribution in [0.2, 0.25) is 0 Å². The van der Waals surface area contributed by atoms with E-state index in [-0.39, 0.29) is 42.0 Å². The predicted octanol–water partition coefficient (Wildman–Crippen LogP) is 2.82. The van der Waals surface area contributed by atoms with Crippen LogP contribution in [0.15, 0.2) is 76.4 Å². The minimum atomic E-state index is -0.902. The van der Waals surface area contributed by atoms with E-state index in [1.165, 1.54) is 17.0 Å². The van der Waals surface area contributed by atoms with Gasteiger partial charge in [-0.05, 0) is 25.1 Å². The highest BCUT2D eigenvalue weighted by atomic mass is 16.7. The van der Waals surface area contributed by atoms with E-state index in [0.29, 0.717) is 11.3 Å². The molecule has 0 saturated heterocycles. The van der Waals surface area contributed by atoms with Gasteiger partial charge < -0.3 is 19.6 Å². The highest BCUT2D eigenvalue weighted by molar-refractivity contribution is 6.09. The fourth-order valence-corrected chi connectivity index (χ4v) is 3.55. The van der Waals surface area contributed by atoms with Crippen molar-refractivity contribution < 1.29 is 28.7 Å². The van der Waals surface area contributed by atoms with Crippen LogP contribution in [0.5, 0.6) is 0 Å². The lowest BCUT2D eigenvalue weighted by Gasteiger charge is -2.21. The molecule has 0 bridgehead atoms. The Kier molecular flexibility index (Phi) is 8.97. The molecule has 0 unspecified atom stereocenters. The molecule has 4 rings (SSSR count). The van der Waals surface area contributed by atoms with Crippen molar-refractivity contribution in [2.24, 2.45) is 5.10 Å². The number of pyridine rings is 1. The summed E-state index contributed by atoms with van der Waals surface area (Å²) in [5, 5.41) is 12.4. The number of hydrazone groups is 1.